The van der Waals surface area contributed by atoms with Crippen LogP contribution in [0, 0.1) is 40.4 Å². The van der Waals surface area contributed by atoms with Crippen molar-refractivity contribution >= 4 is 5.78 Å². The van der Waals surface area contributed by atoms with Gasteiger partial charge in [0.1, 0.15) is 5.78 Å². The fourth-order valence-electron chi connectivity index (χ4n) is 7.49. The maximum Gasteiger partial charge on any atom is 0.139 e. The number of carbonyl (C=O) groups is 1. The summed E-state index contributed by atoms with van der Waals surface area (Å²) in [4.78, 5) is 12.5. The maximum atomic E-state index is 12.5. The number of fused-ring (bicyclic) bond motifs is 5. The molecule has 0 amide bonds. The van der Waals surface area contributed by atoms with Crippen LogP contribution < -0.4 is 0 Å². The smallest absolute Gasteiger partial charge is 0.139 e. The van der Waals surface area contributed by atoms with E-state index >= 15 is 0 Å². The van der Waals surface area contributed by atoms with Crippen molar-refractivity contribution in [1.29, 1.82) is 0 Å². The van der Waals surface area contributed by atoms with Gasteiger partial charge in [0.15, 0.2) is 0 Å². The predicted octanol–water partition coefficient (Wildman–Crippen LogP) is 4.21. The van der Waals surface area contributed by atoms with Crippen LogP contribution in [0.25, 0.3) is 0 Å². The van der Waals surface area contributed by atoms with Crippen LogP contribution in [0.5, 0.6) is 0 Å². The summed E-state index contributed by atoms with van der Waals surface area (Å²) in [7, 11) is 0. The van der Waals surface area contributed by atoms with Gasteiger partial charge in [0, 0.05) is 11.8 Å². The van der Waals surface area contributed by atoms with Crippen LogP contribution in [0.15, 0.2) is 0 Å². The first kappa shape index (κ1) is 15.2. The third-order valence-electron chi connectivity index (χ3n) is 8.71. The maximum absolute atomic E-state index is 12.5. The monoisotopic (exact) mass is 304 g/mol. The Morgan fingerprint density at radius 3 is 2.55 bits per heavy atom. The second-order valence-electron chi connectivity index (χ2n) is 9.55. The molecular weight excluding hydrogens is 272 g/mol. The highest BCUT2D eigenvalue weighted by atomic mass is 16.3. The van der Waals surface area contributed by atoms with Crippen molar-refractivity contribution in [3.63, 3.8) is 0 Å². The van der Waals surface area contributed by atoms with Crippen molar-refractivity contribution in [2.75, 3.05) is 0 Å². The molecule has 4 rings (SSSR count). The molecule has 4 aliphatic carbocycles. The molecule has 1 unspecified atom stereocenters. The van der Waals surface area contributed by atoms with E-state index in [0.29, 0.717) is 29.0 Å². The van der Waals surface area contributed by atoms with E-state index in [1.54, 1.807) is 0 Å². The van der Waals surface area contributed by atoms with Crippen molar-refractivity contribution in [2.24, 2.45) is 40.4 Å². The lowest BCUT2D eigenvalue weighted by Gasteiger charge is -2.62. The summed E-state index contributed by atoms with van der Waals surface area (Å²) in [5, 5.41) is 10.2. The molecule has 0 spiro atoms. The Kier molecular flexibility index (Phi) is 3.32. The summed E-state index contributed by atoms with van der Waals surface area (Å²) in [6.07, 6.45) is 8.78. The average Bonchev–Trinajstić information content (AvgIpc) is 2.77. The van der Waals surface area contributed by atoms with E-state index in [-0.39, 0.29) is 11.5 Å². The normalized spacial score (nSPS) is 57.9. The van der Waals surface area contributed by atoms with Gasteiger partial charge in [-0.2, -0.15) is 0 Å². The zero-order valence-electron chi connectivity index (χ0n) is 14.5. The van der Waals surface area contributed by atoms with Gasteiger partial charge in [0.25, 0.3) is 0 Å². The fourth-order valence-corrected chi connectivity index (χ4v) is 7.49. The highest BCUT2D eigenvalue weighted by Crippen LogP contribution is 2.66. The molecule has 2 nitrogen and oxygen atoms in total. The molecule has 0 saturated heterocycles. The number of aliphatic hydroxyl groups is 1. The highest BCUT2D eigenvalue weighted by molar-refractivity contribution is 5.87. The molecule has 0 aromatic heterocycles. The van der Waals surface area contributed by atoms with Crippen molar-refractivity contribution in [1.82, 2.24) is 0 Å². The standard InChI is InChI=1S/C20H32O2/c1-12-10-14-15-4-5-18(22)20(15,3)9-7-16(14)19(2)8-6-13(21)11-17(12)19/h12-17,21H,4-11H2,1-3H3/t12?,13-,14-,15-,16-,17+,19+,20-/m0/s1. The van der Waals surface area contributed by atoms with E-state index in [9.17, 15) is 9.90 Å². The van der Waals surface area contributed by atoms with Gasteiger partial charge in [-0.15, -0.1) is 0 Å². The molecule has 4 fully saturated rings. The van der Waals surface area contributed by atoms with Gasteiger partial charge in [-0.05, 0) is 80.0 Å². The van der Waals surface area contributed by atoms with Crippen molar-refractivity contribution < 1.29 is 9.90 Å². The van der Waals surface area contributed by atoms with Gasteiger partial charge in [-0.25, -0.2) is 0 Å². The molecular formula is C20H32O2. The first-order chi connectivity index (χ1) is 10.4. The second kappa shape index (κ2) is 4.82. The zero-order valence-corrected chi connectivity index (χ0v) is 14.5. The molecule has 4 aliphatic rings. The first-order valence-electron chi connectivity index (χ1n) is 9.57. The zero-order chi connectivity index (χ0) is 15.7. The fraction of sp³-hybridized carbons (Fsp3) is 0.950. The summed E-state index contributed by atoms with van der Waals surface area (Å²) in [5.41, 5.74) is 0.410. The van der Waals surface area contributed by atoms with Crippen LogP contribution in [0.1, 0.15) is 72.1 Å². The Morgan fingerprint density at radius 2 is 1.77 bits per heavy atom. The number of ketones is 1. The first-order valence-corrected chi connectivity index (χ1v) is 9.57. The third kappa shape index (κ3) is 1.85. The number of hydrogen-bond acceptors (Lipinski definition) is 2. The Bertz CT molecular complexity index is 486. The van der Waals surface area contributed by atoms with Gasteiger partial charge in [-0.3, -0.25) is 4.79 Å². The predicted molar refractivity (Wildman–Crippen MR) is 87.3 cm³/mol. The van der Waals surface area contributed by atoms with E-state index < -0.39 is 0 Å². The minimum atomic E-state index is -0.0704. The Hall–Kier alpha value is -0.370. The largest absolute Gasteiger partial charge is 0.393 e. The quantitative estimate of drug-likeness (QED) is 0.728. The summed E-state index contributed by atoms with van der Waals surface area (Å²) >= 11 is 0. The molecule has 0 aromatic carbocycles. The van der Waals surface area contributed by atoms with Crippen LogP contribution >= 0.6 is 0 Å². The summed E-state index contributed by atoms with van der Waals surface area (Å²) in [6, 6.07) is 0. The van der Waals surface area contributed by atoms with Crippen LogP contribution in [-0.2, 0) is 4.79 Å². The number of Topliss-reactive ketones (excluding diaryl/α,β-unsaturated/α-hetero) is 1. The van der Waals surface area contributed by atoms with Crippen LogP contribution in [-0.4, -0.2) is 17.0 Å². The SMILES string of the molecule is CC1C[C@@H]2[C@H](CC[C@]3(C)C(=O)CC[C@@H]23)[C@@]2(C)CC[C@H](O)C[C@H]12. The van der Waals surface area contributed by atoms with E-state index in [4.69, 9.17) is 0 Å². The lowest BCUT2D eigenvalue weighted by atomic mass is 9.43. The minimum absolute atomic E-state index is 0.00172. The molecule has 0 radical (unpaired) electrons. The number of aliphatic hydroxyl groups excluding tert-OH is 1. The molecule has 8 atom stereocenters. The third-order valence-corrected chi connectivity index (χ3v) is 8.71. The van der Waals surface area contributed by atoms with E-state index in [2.05, 4.69) is 20.8 Å². The van der Waals surface area contributed by atoms with Crippen molar-refractivity contribution in [3.05, 3.63) is 0 Å². The topological polar surface area (TPSA) is 37.3 Å². The number of hydrogen-bond donors (Lipinski definition) is 1. The Morgan fingerprint density at radius 1 is 1.00 bits per heavy atom. The van der Waals surface area contributed by atoms with Gasteiger partial charge >= 0.3 is 0 Å². The average molecular weight is 304 g/mol. The van der Waals surface area contributed by atoms with E-state index in [1.165, 1.54) is 19.3 Å². The Balaban J connectivity index is 1.68. The number of rotatable bonds is 0. The summed E-state index contributed by atoms with van der Waals surface area (Å²) < 4.78 is 0. The van der Waals surface area contributed by atoms with Gasteiger partial charge in [0.2, 0.25) is 0 Å². The van der Waals surface area contributed by atoms with Gasteiger partial charge in [-0.1, -0.05) is 20.8 Å². The van der Waals surface area contributed by atoms with Gasteiger partial charge in [0.05, 0.1) is 6.10 Å². The lowest BCUT2D eigenvalue weighted by Crippen LogP contribution is -2.56. The number of carbonyl (C=O) groups excluding carboxylic acids is 1. The summed E-state index contributed by atoms with van der Waals surface area (Å²) in [5.74, 6) is 4.15. The van der Waals surface area contributed by atoms with Crippen LogP contribution in [0.2, 0.25) is 0 Å². The van der Waals surface area contributed by atoms with Crippen molar-refractivity contribution in [2.45, 2.75) is 78.2 Å². The van der Waals surface area contributed by atoms with E-state index in [1.807, 2.05) is 0 Å². The molecule has 124 valence electrons. The molecule has 0 bridgehead atoms. The van der Waals surface area contributed by atoms with Crippen LogP contribution in [0.3, 0.4) is 0 Å². The summed E-state index contributed by atoms with van der Waals surface area (Å²) in [6.45, 7) is 7.21. The molecule has 0 aromatic rings. The van der Waals surface area contributed by atoms with Crippen molar-refractivity contribution in [3.8, 4) is 0 Å². The molecule has 2 heteroatoms. The highest BCUT2D eigenvalue weighted by Gasteiger charge is 2.61. The molecule has 1 N–H and O–H groups in total. The molecule has 22 heavy (non-hydrogen) atoms. The van der Waals surface area contributed by atoms with Crippen LogP contribution in [0.4, 0.5) is 0 Å². The Labute approximate surface area is 135 Å². The molecule has 0 aliphatic heterocycles. The lowest BCUT2D eigenvalue weighted by molar-refractivity contribution is -0.152. The minimum Gasteiger partial charge on any atom is -0.393 e. The second-order valence-corrected chi connectivity index (χ2v) is 9.55. The van der Waals surface area contributed by atoms with Gasteiger partial charge < -0.3 is 5.11 Å². The molecule has 4 saturated carbocycles. The molecule has 0 heterocycles. The van der Waals surface area contributed by atoms with E-state index in [0.717, 1.165) is 43.9 Å².